The van der Waals surface area contributed by atoms with Crippen LogP contribution in [-0.4, -0.2) is 35.0 Å². The van der Waals surface area contributed by atoms with Crippen molar-refractivity contribution in [3.63, 3.8) is 0 Å². The summed E-state index contributed by atoms with van der Waals surface area (Å²) in [7, 11) is 1.52. The normalized spacial score (nSPS) is 19.7. The Balaban J connectivity index is 2.01. The zero-order chi connectivity index (χ0) is 18.0. The fourth-order valence-corrected chi connectivity index (χ4v) is 3.55. The van der Waals surface area contributed by atoms with Crippen molar-refractivity contribution < 1.29 is 19.4 Å². The number of ether oxygens (including phenoxy) is 1. The zero-order valence-corrected chi connectivity index (χ0v) is 14.4. The topological polar surface area (TPSA) is 66.8 Å². The zero-order valence-electron chi connectivity index (χ0n) is 13.7. The van der Waals surface area contributed by atoms with Crippen LogP contribution in [0.1, 0.15) is 34.8 Å². The first-order valence-corrected chi connectivity index (χ1v) is 8.34. The first-order chi connectivity index (χ1) is 12.0. The van der Waals surface area contributed by atoms with Crippen LogP contribution in [0, 0.1) is 0 Å². The summed E-state index contributed by atoms with van der Waals surface area (Å²) in [6.07, 6.45) is 0.942. The Morgan fingerprint density at radius 1 is 1.16 bits per heavy atom. The van der Waals surface area contributed by atoms with Crippen LogP contribution in [0.5, 0.6) is 5.75 Å². The predicted octanol–water partition coefficient (Wildman–Crippen LogP) is 3.78. The third-order valence-corrected chi connectivity index (χ3v) is 4.83. The highest BCUT2D eigenvalue weighted by Gasteiger charge is 2.42. The number of halogens is 1. The molecule has 1 aliphatic rings. The molecule has 1 heterocycles. The molecule has 1 saturated heterocycles. The minimum absolute atomic E-state index is 0.339. The van der Waals surface area contributed by atoms with Crippen molar-refractivity contribution in [2.45, 2.75) is 24.9 Å². The summed E-state index contributed by atoms with van der Waals surface area (Å²) in [4.78, 5) is 26.2. The van der Waals surface area contributed by atoms with E-state index in [2.05, 4.69) is 0 Å². The van der Waals surface area contributed by atoms with Gasteiger partial charge in [0.15, 0.2) is 0 Å². The van der Waals surface area contributed by atoms with E-state index in [9.17, 15) is 14.7 Å². The molecule has 130 valence electrons. The van der Waals surface area contributed by atoms with Gasteiger partial charge in [-0.1, -0.05) is 35.9 Å². The first kappa shape index (κ1) is 17.3. The second-order valence-corrected chi connectivity index (χ2v) is 6.32. The lowest BCUT2D eigenvalue weighted by atomic mass is 10.0. The largest absolute Gasteiger partial charge is 0.497 e. The van der Waals surface area contributed by atoms with Gasteiger partial charge in [0.05, 0.1) is 13.2 Å². The lowest BCUT2D eigenvalue weighted by Crippen LogP contribution is -2.41. The maximum Gasteiger partial charge on any atom is 0.326 e. The van der Waals surface area contributed by atoms with E-state index >= 15 is 0 Å². The Morgan fingerprint density at radius 3 is 2.60 bits per heavy atom. The molecular weight excluding hydrogens is 342 g/mol. The predicted molar refractivity (Wildman–Crippen MR) is 94.0 cm³/mol. The molecule has 2 aromatic carbocycles. The molecule has 1 aliphatic heterocycles. The van der Waals surface area contributed by atoms with E-state index in [4.69, 9.17) is 16.3 Å². The number of hydrogen-bond donors (Lipinski definition) is 1. The van der Waals surface area contributed by atoms with Crippen molar-refractivity contribution in [2.75, 3.05) is 7.11 Å². The van der Waals surface area contributed by atoms with Gasteiger partial charge in [0.25, 0.3) is 5.91 Å². The third-order valence-electron chi connectivity index (χ3n) is 4.49. The van der Waals surface area contributed by atoms with Gasteiger partial charge in [0, 0.05) is 10.6 Å². The van der Waals surface area contributed by atoms with Crippen molar-refractivity contribution in [1.82, 2.24) is 4.90 Å². The van der Waals surface area contributed by atoms with Gasteiger partial charge in [-0.2, -0.15) is 0 Å². The maximum atomic E-state index is 13.1. The Morgan fingerprint density at radius 2 is 1.92 bits per heavy atom. The van der Waals surface area contributed by atoms with E-state index in [1.54, 1.807) is 30.3 Å². The molecule has 0 aromatic heterocycles. The molecule has 0 radical (unpaired) electrons. The second kappa shape index (κ2) is 7.15. The fraction of sp³-hybridized carbons (Fsp3) is 0.263. The smallest absolute Gasteiger partial charge is 0.326 e. The molecule has 3 rings (SSSR count). The molecule has 1 N–H and O–H groups in total. The molecule has 0 spiro atoms. The van der Waals surface area contributed by atoms with Crippen LogP contribution < -0.4 is 4.74 Å². The number of nitrogens with zero attached hydrogens (tertiary/aromatic N) is 1. The van der Waals surface area contributed by atoms with E-state index in [0.717, 1.165) is 5.56 Å². The van der Waals surface area contributed by atoms with E-state index in [1.165, 1.54) is 12.0 Å². The average molecular weight is 360 g/mol. The molecule has 0 saturated carbocycles. The highest BCUT2D eigenvalue weighted by molar-refractivity contribution is 6.31. The summed E-state index contributed by atoms with van der Waals surface area (Å²) >= 11 is 6.29. The van der Waals surface area contributed by atoms with Gasteiger partial charge >= 0.3 is 5.97 Å². The summed E-state index contributed by atoms with van der Waals surface area (Å²) < 4.78 is 5.16. The molecule has 0 bridgehead atoms. The number of aliphatic carboxylic acids is 1. The van der Waals surface area contributed by atoms with Crippen LogP contribution in [0.15, 0.2) is 48.5 Å². The van der Waals surface area contributed by atoms with E-state index in [0.29, 0.717) is 29.2 Å². The number of amides is 1. The monoisotopic (exact) mass is 359 g/mol. The van der Waals surface area contributed by atoms with Crippen LogP contribution in [0.25, 0.3) is 0 Å². The van der Waals surface area contributed by atoms with Crippen LogP contribution in [0.3, 0.4) is 0 Å². The van der Waals surface area contributed by atoms with E-state index in [1.807, 2.05) is 18.2 Å². The Bertz CT molecular complexity index is 808. The molecule has 2 unspecified atom stereocenters. The number of benzene rings is 2. The van der Waals surface area contributed by atoms with Gasteiger partial charge in [-0.05, 0) is 42.7 Å². The second-order valence-electron chi connectivity index (χ2n) is 5.91. The van der Waals surface area contributed by atoms with E-state index in [-0.39, 0.29) is 11.9 Å². The summed E-state index contributed by atoms with van der Waals surface area (Å²) in [5.74, 6) is -0.800. The highest BCUT2D eigenvalue weighted by atomic mass is 35.5. The van der Waals surface area contributed by atoms with Crippen LogP contribution in [-0.2, 0) is 4.79 Å². The van der Waals surface area contributed by atoms with Crippen molar-refractivity contribution in [2.24, 2.45) is 0 Å². The molecule has 2 atom stereocenters. The van der Waals surface area contributed by atoms with E-state index < -0.39 is 12.0 Å². The molecule has 2 aromatic rings. The Labute approximate surface area is 150 Å². The average Bonchev–Trinajstić information content (AvgIpc) is 3.06. The Hall–Kier alpha value is -2.53. The molecule has 25 heavy (non-hydrogen) atoms. The molecular formula is C19H18ClNO4. The lowest BCUT2D eigenvalue weighted by Gasteiger charge is -2.29. The van der Waals surface area contributed by atoms with Crippen molar-refractivity contribution in [1.29, 1.82) is 0 Å². The molecule has 5 nitrogen and oxygen atoms in total. The summed E-state index contributed by atoms with van der Waals surface area (Å²) in [5.41, 5.74) is 1.16. The molecule has 1 amide bonds. The number of rotatable bonds is 4. The van der Waals surface area contributed by atoms with Gasteiger partial charge in [0.1, 0.15) is 11.8 Å². The molecule has 0 aliphatic carbocycles. The first-order valence-electron chi connectivity index (χ1n) is 7.97. The number of carboxylic acid groups (broad SMARTS) is 1. The summed E-state index contributed by atoms with van der Waals surface area (Å²) in [6, 6.07) is 12.7. The van der Waals surface area contributed by atoms with Gasteiger partial charge in [-0.15, -0.1) is 0 Å². The fourth-order valence-electron chi connectivity index (χ4n) is 3.29. The van der Waals surface area contributed by atoms with Crippen LogP contribution in [0.2, 0.25) is 5.02 Å². The number of carboxylic acids is 1. The number of hydrogen-bond acceptors (Lipinski definition) is 3. The molecule has 6 heteroatoms. The SMILES string of the molecule is COc1cccc(C(=O)N2C(C(=O)O)CCC2c2ccccc2Cl)c1. The van der Waals surface area contributed by atoms with Crippen LogP contribution >= 0.6 is 11.6 Å². The summed E-state index contributed by atoms with van der Waals surface area (Å²) in [5, 5.41) is 10.1. The number of carbonyl (C=O) groups is 2. The Kier molecular flexibility index (Phi) is 4.95. The number of likely N-dealkylation sites (tertiary alicyclic amines) is 1. The number of methoxy groups -OCH3 is 1. The minimum atomic E-state index is -1.01. The maximum absolute atomic E-state index is 13.1. The quantitative estimate of drug-likeness (QED) is 0.902. The van der Waals surface area contributed by atoms with Crippen molar-refractivity contribution >= 4 is 23.5 Å². The van der Waals surface area contributed by atoms with Crippen molar-refractivity contribution in [3.05, 3.63) is 64.7 Å². The highest BCUT2D eigenvalue weighted by Crippen LogP contribution is 2.40. The third kappa shape index (κ3) is 3.33. The minimum Gasteiger partial charge on any atom is -0.497 e. The lowest BCUT2D eigenvalue weighted by molar-refractivity contribution is -0.141. The van der Waals surface area contributed by atoms with Gasteiger partial charge < -0.3 is 14.7 Å². The molecule has 1 fully saturated rings. The standard InChI is InChI=1S/C19H18ClNO4/c1-25-13-6-4-5-12(11-13)18(22)21-16(9-10-17(21)19(23)24)14-7-2-3-8-15(14)20/h2-8,11,16-17H,9-10H2,1H3,(H,23,24). The number of carbonyl (C=O) groups excluding carboxylic acids is 1. The van der Waals surface area contributed by atoms with Gasteiger partial charge in [-0.3, -0.25) is 4.79 Å². The van der Waals surface area contributed by atoms with Gasteiger partial charge in [0.2, 0.25) is 0 Å². The summed E-state index contributed by atoms with van der Waals surface area (Å²) in [6.45, 7) is 0. The van der Waals surface area contributed by atoms with Gasteiger partial charge in [-0.25, -0.2) is 4.79 Å². The van der Waals surface area contributed by atoms with Crippen molar-refractivity contribution in [3.8, 4) is 5.75 Å². The van der Waals surface area contributed by atoms with Crippen LogP contribution in [0.4, 0.5) is 0 Å².